The second-order valence-corrected chi connectivity index (χ2v) is 5.27. The number of para-hydroxylation sites is 1. The van der Waals surface area contributed by atoms with Crippen LogP contribution in [0.3, 0.4) is 0 Å². The number of carbonyl (C=O) groups is 2. The number of amides is 3. The van der Waals surface area contributed by atoms with Gasteiger partial charge in [-0.2, -0.15) is 0 Å². The van der Waals surface area contributed by atoms with Gasteiger partial charge < -0.3 is 15.5 Å². The zero-order chi connectivity index (χ0) is 16.2. The topological polar surface area (TPSA) is 61.4 Å². The highest BCUT2D eigenvalue weighted by molar-refractivity contribution is 6.02. The van der Waals surface area contributed by atoms with Crippen LogP contribution in [0.15, 0.2) is 54.6 Å². The molecular formula is C17H16FN3O2. The molecule has 0 radical (unpaired) electrons. The quantitative estimate of drug-likeness (QED) is 0.915. The molecule has 1 unspecified atom stereocenters. The zero-order valence-electron chi connectivity index (χ0n) is 12.3. The Kier molecular flexibility index (Phi) is 4.23. The fourth-order valence-electron chi connectivity index (χ4n) is 2.54. The zero-order valence-corrected chi connectivity index (χ0v) is 12.3. The van der Waals surface area contributed by atoms with Crippen LogP contribution in [0.25, 0.3) is 0 Å². The van der Waals surface area contributed by atoms with Crippen LogP contribution in [0.1, 0.15) is 6.42 Å². The van der Waals surface area contributed by atoms with Gasteiger partial charge in [0.15, 0.2) is 0 Å². The molecule has 5 nitrogen and oxygen atoms in total. The van der Waals surface area contributed by atoms with Gasteiger partial charge in [-0.3, -0.25) is 4.79 Å². The van der Waals surface area contributed by atoms with Crippen LogP contribution in [0.5, 0.6) is 0 Å². The Labute approximate surface area is 133 Å². The molecule has 118 valence electrons. The number of urea groups is 1. The molecule has 2 N–H and O–H groups in total. The van der Waals surface area contributed by atoms with E-state index in [1.54, 1.807) is 4.90 Å². The van der Waals surface area contributed by atoms with Gasteiger partial charge in [0.2, 0.25) is 5.91 Å². The van der Waals surface area contributed by atoms with E-state index in [9.17, 15) is 14.0 Å². The summed E-state index contributed by atoms with van der Waals surface area (Å²) < 4.78 is 12.8. The number of hydrogen-bond donors (Lipinski definition) is 2. The molecule has 0 saturated carbocycles. The largest absolute Gasteiger partial charge is 0.326 e. The van der Waals surface area contributed by atoms with Gasteiger partial charge in [0.1, 0.15) is 11.9 Å². The summed E-state index contributed by atoms with van der Waals surface area (Å²) in [5.41, 5.74) is 1.29. The third-order valence-corrected chi connectivity index (χ3v) is 3.68. The average molecular weight is 313 g/mol. The fraction of sp³-hybridized carbons (Fsp3) is 0.176. The van der Waals surface area contributed by atoms with E-state index >= 15 is 0 Å². The molecule has 23 heavy (non-hydrogen) atoms. The van der Waals surface area contributed by atoms with Crippen molar-refractivity contribution in [3.8, 4) is 0 Å². The highest BCUT2D eigenvalue weighted by Gasteiger charge is 2.33. The van der Waals surface area contributed by atoms with Crippen molar-refractivity contribution in [3.05, 3.63) is 60.4 Å². The smallest absolute Gasteiger partial charge is 0.319 e. The highest BCUT2D eigenvalue weighted by Crippen LogP contribution is 2.21. The molecule has 3 amide bonds. The summed E-state index contributed by atoms with van der Waals surface area (Å²) in [6.45, 7) is 0.560. The van der Waals surface area contributed by atoms with E-state index in [4.69, 9.17) is 0 Å². The standard InChI is InChI=1S/C17H16FN3O2/c18-12-6-8-13(9-7-12)19-17(23)20-15-10-11-21(16(15)22)14-4-2-1-3-5-14/h1-9,15H,10-11H2,(H2,19,20,23). The number of nitrogens with one attached hydrogen (secondary N) is 2. The molecule has 1 aliphatic heterocycles. The first-order chi connectivity index (χ1) is 11.1. The Bertz CT molecular complexity index is 704. The molecule has 0 aromatic heterocycles. The number of halogens is 1. The molecule has 6 heteroatoms. The van der Waals surface area contributed by atoms with Crippen LogP contribution in [0, 0.1) is 5.82 Å². The molecule has 0 aliphatic carbocycles. The molecule has 0 spiro atoms. The molecule has 2 aromatic carbocycles. The number of benzene rings is 2. The fourth-order valence-corrected chi connectivity index (χ4v) is 2.54. The minimum absolute atomic E-state index is 0.134. The molecule has 1 saturated heterocycles. The Morgan fingerprint density at radius 3 is 2.48 bits per heavy atom. The summed E-state index contributed by atoms with van der Waals surface area (Å²) in [5.74, 6) is -0.508. The van der Waals surface area contributed by atoms with E-state index in [0.717, 1.165) is 5.69 Å². The van der Waals surface area contributed by atoms with Gasteiger partial charge >= 0.3 is 6.03 Å². The van der Waals surface area contributed by atoms with Crippen molar-refractivity contribution in [1.82, 2.24) is 5.32 Å². The maximum atomic E-state index is 12.8. The number of anilines is 2. The lowest BCUT2D eigenvalue weighted by molar-refractivity contribution is -0.118. The van der Waals surface area contributed by atoms with Crippen LogP contribution in [-0.2, 0) is 4.79 Å². The predicted octanol–water partition coefficient (Wildman–Crippen LogP) is 2.75. The lowest BCUT2D eigenvalue weighted by Gasteiger charge is -2.17. The number of hydrogen-bond acceptors (Lipinski definition) is 2. The molecule has 3 rings (SSSR count). The van der Waals surface area contributed by atoms with Crippen LogP contribution in [0.4, 0.5) is 20.6 Å². The van der Waals surface area contributed by atoms with Crippen molar-refractivity contribution in [2.24, 2.45) is 0 Å². The first-order valence-corrected chi connectivity index (χ1v) is 7.33. The SMILES string of the molecule is O=C(Nc1ccc(F)cc1)NC1CCN(c2ccccc2)C1=O. The molecule has 0 bridgehead atoms. The first-order valence-electron chi connectivity index (χ1n) is 7.33. The Balaban J connectivity index is 1.59. The van der Waals surface area contributed by atoms with Crippen LogP contribution >= 0.6 is 0 Å². The minimum Gasteiger partial charge on any atom is -0.326 e. The third-order valence-electron chi connectivity index (χ3n) is 3.68. The summed E-state index contributed by atoms with van der Waals surface area (Å²) in [7, 11) is 0. The normalized spacial score (nSPS) is 17.2. The van der Waals surface area contributed by atoms with Crippen LogP contribution in [-0.4, -0.2) is 24.5 Å². The highest BCUT2D eigenvalue weighted by atomic mass is 19.1. The second kappa shape index (κ2) is 6.48. The Morgan fingerprint density at radius 2 is 1.78 bits per heavy atom. The number of rotatable bonds is 3. The van der Waals surface area contributed by atoms with Gasteiger partial charge in [-0.1, -0.05) is 18.2 Å². The monoisotopic (exact) mass is 313 g/mol. The summed E-state index contributed by atoms with van der Waals surface area (Å²) in [6, 6.07) is 13.7. The van der Waals surface area contributed by atoms with E-state index in [-0.39, 0.29) is 11.7 Å². The molecule has 1 aliphatic rings. The van der Waals surface area contributed by atoms with Crippen molar-refractivity contribution in [2.45, 2.75) is 12.5 Å². The van der Waals surface area contributed by atoms with Gasteiger partial charge in [-0.25, -0.2) is 9.18 Å². The molecule has 1 atom stereocenters. The van der Waals surface area contributed by atoms with Crippen molar-refractivity contribution >= 4 is 23.3 Å². The number of nitrogens with zero attached hydrogens (tertiary/aromatic N) is 1. The second-order valence-electron chi connectivity index (χ2n) is 5.27. The number of carbonyl (C=O) groups excluding carboxylic acids is 2. The van der Waals surface area contributed by atoms with E-state index in [0.29, 0.717) is 18.7 Å². The van der Waals surface area contributed by atoms with E-state index in [2.05, 4.69) is 10.6 Å². The molecule has 1 heterocycles. The van der Waals surface area contributed by atoms with Gasteiger partial charge in [0.25, 0.3) is 0 Å². The van der Waals surface area contributed by atoms with Crippen molar-refractivity contribution in [2.75, 3.05) is 16.8 Å². The lowest BCUT2D eigenvalue weighted by Crippen LogP contribution is -2.43. The van der Waals surface area contributed by atoms with Gasteiger partial charge in [0.05, 0.1) is 0 Å². The molecule has 2 aromatic rings. The average Bonchev–Trinajstić information content (AvgIpc) is 2.91. The van der Waals surface area contributed by atoms with E-state index in [1.807, 2.05) is 30.3 Å². The Hall–Kier alpha value is -2.89. The van der Waals surface area contributed by atoms with E-state index in [1.165, 1.54) is 24.3 Å². The van der Waals surface area contributed by atoms with Crippen molar-refractivity contribution in [3.63, 3.8) is 0 Å². The summed E-state index contributed by atoms with van der Waals surface area (Å²) in [6.07, 6.45) is 0.546. The minimum atomic E-state index is -0.560. The van der Waals surface area contributed by atoms with Gasteiger partial charge in [-0.05, 0) is 42.8 Å². The van der Waals surface area contributed by atoms with Crippen LogP contribution < -0.4 is 15.5 Å². The maximum absolute atomic E-state index is 12.8. The van der Waals surface area contributed by atoms with Crippen molar-refractivity contribution < 1.29 is 14.0 Å². The Morgan fingerprint density at radius 1 is 1.09 bits per heavy atom. The van der Waals surface area contributed by atoms with Gasteiger partial charge in [-0.15, -0.1) is 0 Å². The third kappa shape index (κ3) is 3.48. The predicted molar refractivity (Wildman–Crippen MR) is 85.8 cm³/mol. The maximum Gasteiger partial charge on any atom is 0.319 e. The summed E-state index contributed by atoms with van der Waals surface area (Å²) in [5, 5.41) is 5.24. The lowest BCUT2D eigenvalue weighted by atomic mass is 10.2. The summed E-state index contributed by atoms with van der Waals surface area (Å²) >= 11 is 0. The van der Waals surface area contributed by atoms with Gasteiger partial charge in [0, 0.05) is 17.9 Å². The molecule has 1 fully saturated rings. The summed E-state index contributed by atoms with van der Waals surface area (Å²) in [4.78, 5) is 26.0. The van der Waals surface area contributed by atoms with Crippen molar-refractivity contribution in [1.29, 1.82) is 0 Å². The molecular weight excluding hydrogens is 297 g/mol. The first kappa shape index (κ1) is 15.0. The van der Waals surface area contributed by atoms with E-state index < -0.39 is 12.1 Å². The van der Waals surface area contributed by atoms with Crippen LogP contribution in [0.2, 0.25) is 0 Å².